The number of rotatable bonds is 12. The number of benzene rings is 2. The van der Waals surface area contributed by atoms with Gasteiger partial charge in [-0.1, -0.05) is 36.7 Å². The van der Waals surface area contributed by atoms with Crippen LogP contribution in [0.15, 0.2) is 42.5 Å². The van der Waals surface area contributed by atoms with Crippen molar-refractivity contribution < 1.29 is 18.0 Å². The first-order chi connectivity index (χ1) is 16.8. The lowest BCUT2D eigenvalue weighted by Crippen LogP contribution is -2.49. The molecule has 0 unspecified atom stereocenters. The van der Waals surface area contributed by atoms with Gasteiger partial charge in [-0.25, -0.2) is 8.42 Å². The topological polar surface area (TPSA) is 86.8 Å². The SMILES string of the molecule is CC[C@@H](C)NC(=O)[C@@H](C)N(Cc1ccc(Cl)cc1)C(=O)CCCN(c1cc(C)cc(C)c1)S(C)(=O)=O. The third-order valence-corrected chi connectivity index (χ3v) is 7.53. The van der Waals surface area contributed by atoms with Crippen LogP contribution in [0.5, 0.6) is 0 Å². The Hall–Kier alpha value is -2.58. The number of amides is 2. The van der Waals surface area contributed by atoms with Crippen molar-refractivity contribution in [3.8, 4) is 0 Å². The predicted molar refractivity (Wildman–Crippen MR) is 147 cm³/mol. The molecule has 198 valence electrons. The summed E-state index contributed by atoms with van der Waals surface area (Å²) >= 11 is 6.00. The van der Waals surface area contributed by atoms with Crippen molar-refractivity contribution in [2.75, 3.05) is 17.1 Å². The van der Waals surface area contributed by atoms with Gasteiger partial charge < -0.3 is 10.2 Å². The Balaban J connectivity index is 2.19. The molecule has 2 aromatic rings. The number of halogens is 1. The standard InChI is InChI=1S/C27H38ClN3O4S/c1-7-21(4)29-27(33)22(5)30(18-23-10-12-24(28)13-11-23)26(32)9-8-14-31(36(6,34)35)25-16-19(2)15-20(3)17-25/h10-13,15-17,21-22H,7-9,14,18H2,1-6H3,(H,29,33)/t21-,22-/m1/s1. The second-order valence-corrected chi connectivity index (χ2v) is 11.8. The Bertz CT molecular complexity index is 1130. The molecule has 0 spiro atoms. The van der Waals surface area contributed by atoms with Crippen molar-refractivity contribution in [2.24, 2.45) is 0 Å². The van der Waals surface area contributed by atoms with Crippen molar-refractivity contribution in [3.05, 3.63) is 64.2 Å². The summed E-state index contributed by atoms with van der Waals surface area (Å²) in [6.07, 6.45) is 2.37. The number of anilines is 1. The van der Waals surface area contributed by atoms with E-state index in [0.29, 0.717) is 17.1 Å². The molecule has 36 heavy (non-hydrogen) atoms. The summed E-state index contributed by atoms with van der Waals surface area (Å²) in [5.41, 5.74) is 3.36. The molecule has 2 amide bonds. The van der Waals surface area contributed by atoms with Gasteiger partial charge in [-0.15, -0.1) is 0 Å². The van der Waals surface area contributed by atoms with Crippen molar-refractivity contribution >= 4 is 39.1 Å². The highest BCUT2D eigenvalue weighted by atomic mass is 35.5. The van der Waals surface area contributed by atoms with Crippen LogP contribution in [0.3, 0.4) is 0 Å². The monoisotopic (exact) mass is 535 g/mol. The number of hydrogen-bond acceptors (Lipinski definition) is 4. The molecular weight excluding hydrogens is 498 g/mol. The zero-order valence-electron chi connectivity index (χ0n) is 22.0. The van der Waals surface area contributed by atoms with Crippen LogP contribution in [0.25, 0.3) is 0 Å². The molecule has 0 aromatic heterocycles. The van der Waals surface area contributed by atoms with Crippen LogP contribution in [0.2, 0.25) is 5.02 Å². The van der Waals surface area contributed by atoms with Gasteiger partial charge in [0.25, 0.3) is 0 Å². The maximum atomic E-state index is 13.3. The molecule has 2 aromatic carbocycles. The summed E-state index contributed by atoms with van der Waals surface area (Å²) in [6, 6.07) is 12.1. The average Bonchev–Trinajstić information content (AvgIpc) is 2.79. The van der Waals surface area contributed by atoms with Crippen LogP contribution in [0.4, 0.5) is 5.69 Å². The molecule has 0 aliphatic heterocycles. The summed E-state index contributed by atoms with van der Waals surface area (Å²) in [6.45, 7) is 9.86. The largest absolute Gasteiger partial charge is 0.352 e. The van der Waals surface area contributed by atoms with Gasteiger partial charge in [-0.2, -0.15) is 0 Å². The van der Waals surface area contributed by atoms with Crippen molar-refractivity contribution in [2.45, 2.75) is 72.5 Å². The first kappa shape index (κ1) is 29.6. The molecule has 1 N–H and O–H groups in total. The van der Waals surface area contributed by atoms with Gasteiger partial charge in [-0.05, 0) is 81.5 Å². The molecule has 0 saturated heterocycles. The fraction of sp³-hybridized carbons (Fsp3) is 0.481. The Morgan fingerprint density at radius 1 is 1.03 bits per heavy atom. The third-order valence-electron chi connectivity index (χ3n) is 6.08. The second kappa shape index (κ2) is 13.1. The van der Waals surface area contributed by atoms with E-state index in [4.69, 9.17) is 11.6 Å². The van der Waals surface area contributed by atoms with Crippen molar-refractivity contribution in [1.82, 2.24) is 10.2 Å². The molecule has 0 saturated carbocycles. The van der Waals surface area contributed by atoms with E-state index < -0.39 is 16.1 Å². The number of nitrogens with one attached hydrogen (secondary N) is 1. The van der Waals surface area contributed by atoms with Crippen LogP contribution in [-0.4, -0.2) is 50.0 Å². The predicted octanol–water partition coefficient (Wildman–Crippen LogP) is 4.84. The van der Waals surface area contributed by atoms with Crippen LogP contribution in [-0.2, 0) is 26.2 Å². The van der Waals surface area contributed by atoms with Crippen molar-refractivity contribution in [1.29, 1.82) is 0 Å². The van der Waals surface area contributed by atoms with E-state index in [1.807, 2.05) is 58.0 Å². The van der Waals surface area contributed by atoms with E-state index in [1.165, 1.54) is 10.6 Å². The fourth-order valence-electron chi connectivity index (χ4n) is 3.93. The van der Waals surface area contributed by atoms with Gasteiger partial charge in [0.1, 0.15) is 6.04 Å². The van der Waals surface area contributed by atoms with Gasteiger partial charge in [0.2, 0.25) is 21.8 Å². The maximum absolute atomic E-state index is 13.3. The number of aryl methyl sites for hydroxylation is 2. The zero-order chi connectivity index (χ0) is 27.0. The van der Waals surface area contributed by atoms with E-state index >= 15 is 0 Å². The number of hydrogen-bond donors (Lipinski definition) is 1. The minimum absolute atomic E-state index is 0.00598. The molecule has 0 fully saturated rings. The van der Waals surface area contributed by atoms with E-state index in [0.717, 1.165) is 23.1 Å². The smallest absolute Gasteiger partial charge is 0.242 e. The van der Waals surface area contributed by atoms with E-state index in [2.05, 4.69) is 5.32 Å². The molecule has 0 bridgehead atoms. The molecule has 9 heteroatoms. The molecule has 0 aliphatic rings. The summed E-state index contributed by atoms with van der Waals surface area (Å²) < 4.78 is 26.4. The fourth-order valence-corrected chi connectivity index (χ4v) is 5.01. The second-order valence-electron chi connectivity index (χ2n) is 9.43. The quantitative estimate of drug-likeness (QED) is 0.421. The number of sulfonamides is 1. The summed E-state index contributed by atoms with van der Waals surface area (Å²) in [4.78, 5) is 27.7. The highest BCUT2D eigenvalue weighted by molar-refractivity contribution is 7.92. The highest BCUT2D eigenvalue weighted by Crippen LogP contribution is 2.22. The molecule has 0 heterocycles. The van der Waals surface area contributed by atoms with Crippen LogP contribution >= 0.6 is 11.6 Å². The van der Waals surface area contributed by atoms with Crippen molar-refractivity contribution in [3.63, 3.8) is 0 Å². The molecular formula is C27H38ClN3O4S. The van der Waals surface area contributed by atoms with Gasteiger partial charge >= 0.3 is 0 Å². The van der Waals surface area contributed by atoms with E-state index in [-0.39, 0.29) is 37.4 Å². The summed E-state index contributed by atoms with van der Waals surface area (Å²) in [5, 5.41) is 3.53. The molecule has 2 atom stereocenters. The van der Waals surface area contributed by atoms with Gasteiger partial charge in [0.05, 0.1) is 11.9 Å². The molecule has 0 aliphatic carbocycles. The van der Waals surface area contributed by atoms with E-state index in [1.54, 1.807) is 24.0 Å². The van der Waals surface area contributed by atoms with Crippen LogP contribution in [0.1, 0.15) is 56.7 Å². The maximum Gasteiger partial charge on any atom is 0.242 e. The minimum atomic E-state index is -3.54. The molecule has 2 rings (SSSR count). The first-order valence-corrected chi connectivity index (χ1v) is 14.4. The zero-order valence-corrected chi connectivity index (χ0v) is 23.6. The number of nitrogens with zero attached hydrogens (tertiary/aromatic N) is 2. The molecule has 0 radical (unpaired) electrons. The van der Waals surface area contributed by atoms with E-state index in [9.17, 15) is 18.0 Å². The number of carbonyl (C=O) groups excluding carboxylic acids is 2. The Morgan fingerprint density at radius 2 is 1.61 bits per heavy atom. The highest BCUT2D eigenvalue weighted by Gasteiger charge is 2.27. The Kier molecular flexibility index (Phi) is 10.8. The number of carbonyl (C=O) groups is 2. The Morgan fingerprint density at radius 3 is 2.14 bits per heavy atom. The first-order valence-electron chi connectivity index (χ1n) is 12.2. The molecule has 7 nitrogen and oxygen atoms in total. The lowest BCUT2D eigenvalue weighted by atomic mass is 10.1. The average molecular weight is 536 g/mol. The Labute approximate surface area is 220 Å². The minimum Gasteiger partial charge on any atom is -0.352 e. The van der Waals surface area contributed by atoms with Crippen LogP contribution < -0.4 is 9.62 Å². The van der Waals surface area contributed by atoms with Gasteiger partial charge in [0.15, 0.2) is 0 Å². The summed E-state index contributed by atoms with van der Waals surface area (Å²) in [5.74, 6) is -0.440. The lowest BCUT2D eigenvalue weighted by Gasteiger charge is -2.30. The lowest BCUT2D eigenvalue weighted by molar-refractivity contribution is -0.140. The van der Waals surface area contributed by atoms with Crippen LogP contribution in [0, 0.1) is 13.8 Å². The third kappa shape index (κ3) is 8.82. The summed E-state index contributed by atoms with van der Waals surface area (Å²) in [7, 11) is -3.54. The van der Waals surface area contributed by atoms with Gasteiger partial charge in [-0.3, -0.25) is 13.9 Å². The van der Waals surface area contributed by atoms with Gasteiger partial charge in [0, 0.05) is 30.6 Å². The normalized spacial score (nSPS) is 13.1.